The molecule has 0 spiro atoms. The maximum atomic E-state index is 12.1. The number of amides is 1. The summed E-state index contributed by atoms with van der Waals surface area (Å²) in [6.45, 7) is 3.37. The van der Waals surface area contributed by atoms with Gasteiger partial charge in [0.1, 0.15) is 6.33 Å². The van der Waals surface area contributed by atoms with Crippen molar-refractivity contribution in [3.63, 3.8) is 0 Å². The molecule has 0 aliphatic heterocycles. The second kappa shape index (κ2) is 7.46. The topological polar surface area (TPSA) is 121 Å². The third-order valence-corrected chi connectivity index (χ3v) is 3.09. The lowest BCUT2D eigenvalue weighted by atomic mass is 10.2. The summed E-state index contributed by atoms with van der Waals surface area (Å²) in [4.78, 5) is 19.9. The zero-order valence-electron chi connectivity index (χ0n) is 12.6. The van der Waals surface area contributed by atoms with Gasteiger partial charge in [0.25, 0.3) is 5.91 Å². The molecular formula is C13H19N7O2. The molecule has 2 heterocycles. The van der Waals surface area contributed by atoms with Crippen LogP contribution in [0.2, 0.25) is 0 Å². The Kier molecular flexibility index (Phi) is 5.37. The van der Waals surface area contributed by atoms with Crippen LogP contribution in [0.15, 0.2) is 12.5 Å². The number of carbonyl (C=O) groups excluding carboxylic acids is 1. The van der Waals surface area contributed by atoms with Crippen LogP contribution in [0.25, 0.3) is 0 Å². The van der Waals surface area contributed by atoms with E-state index in [0.717, 1.165) is 13.0 Å². The van der Waals surface area contributed by atoms with E-state index in [4.69, 9.17) is 10.5 Å². The van der Waals surface area contributed by atoms with Crippen molar-refractivity contribution in [2.24, 2.45) is 0 Å². The molecule has 0 aliphatic rings. The molecule has 0 aromatic carbocycles. The van der Waals surface area contributed by atoms with Gasteiger partial charge in [-0.05, 0) is 13.3 Å². The van der Waals surface area contributed by atoms with Crippen molar-refractivity contribution >= 4 is 11.9 Å². The molecule has 0 saturated heterocycles. The smallest absolute Gasteiger partial charge is 0.255 e. The predicted octanol–water partition coefficient (Wildman–Crippen LogP) is -0.0748. The number of aryl methyl sites for hydroxylation is 2. The maximum Gasteiger partial charge on any atom is 0.255 e. The van der Waals surface area contributed by atoms with E-state index < -0.39 is 0 Å². The normalized spacial score (nSPS) is 10.6. The van der Waals surface area contributed by atoms with Gasteiger partial charge in [0.05, 0.1) is 17.8 Å². The summed E-state index contributed by atoms with van der Waals surface area (Å²) < 4.78 is 6.89. The number of nitrogen functional groups attached to an aromatic ring is 1. The molecule has 0 fully saturated rings. The number of rotatable bonds is 7. The van der Waals surface area contributed by atoms with Crippen molar-refractivity contribution in [3.05, 3.63) is 29.6 Å². The summed E-state index contributed by atoms with van der Waals surface area (Å²) in [6, 6.07) is 0. The van der Waals surface area contributed by atoms with Gasteiger partial charge in [-0.3, -0.25) is 4.79 Å². The summed E-state index contributed by atoms with van der Waals surface area (Å²) >= 11 is 0. The Balaban J connectivity index is 1.95. The van der Waals surface area contributed by atoms with Gasteiger partial charge in [-0.2, -0.15) is 0 Å². The molecule has 3 N–H and O–H groups in total. The number of hydrogen-bond acceptors (Lipinski definition) is 7. The van der Waals surface area contributed by atoms with Crippen LogP contribution in [0.1, 0.15) is 28.3 Å². The lowest BCUT2D eigenvalue weighted by Crippen LogP contribution is -2.26. The Hall–Kier alpha value is -2.55. The van der Waals surface area contributed by atoms with Gasteiger partial charge in [0.2, 0.25) is 5.95 Å². The molecule has 2 aromatic heterocycles. The minimum absolute atomic E-state index is 0.145. The van der Waals surface area contributed by atoms with Gasteiger partial charge < -0.3 is 20.4 Å². The molecule has 0 unspecified atom stereocenters. The van der Waals surface area contributed by atoms with Crippen molar-refractivity contribution in [2.75, 3.05) is 19.5 Å². The largest absolute Gasteiger partial charge is 0.385 e. The lowest BCUT2D eigenvalue weighted by Gasteiger charge is -2.08. The number of nitrogens with two attached hydrogens (primary N) is 1. The van der Waals surface area contributed by atoms with Gasteiger partial charge in [0.15, 0.2) is 5.82 Å². The van der Waals surface area contributed by atoms with Crippen LogP contribution < -0.4 is 11.1 Å². The first-order valence-electron chi connectivity index (χ1n) is 6.84. The molecule has 118 valence electrons. The molecule has 2 rings (SSSR count). The Morgan fingerprint density at radius 2 is 2.32 bits per heavy atom. The first-order chi connectivity index (χ1) is 10.6. The summed E-state index contributed by atoms with van der Waals surface area (Å²) in [5.74, 6) is 0.550. The third kappa shape index (κ3) is 3.98. The highest BCUT2D eigenvalue weighted by Crippen LogP contribution is 2.05. The highest BCUT2D eigenvalue weighted by Gasteiger charge is 2.12. The highest BCUT2D eigenvalue weighted by molar-refractivity contribution is 5.94. The van der Waals surface area contributed by atoms with Gasteiger partial charge in [-0.15, -0.1) is 10.2 Å². The Morgan fingerprint density at radius 1 is 1.50 bits per heavy atom. The first kappa shape index (κ1) is 15.8. The Bertz CT molecular complexity index is 641. The molecule has 0 radical (unpaired) electrons. The summed E-state index contributed by atoms with van der Waals surface area (Å²) in [5.41, 5.74) is 6.39. The van der Waals surface area contributed by atoms with Crippen LogP contribution in [0.4, 0.5) is 5.95 Å². The van der Waals surface area contributed by atoms with Gasteiger partial charge in [-0.25, -0.2) is 9.97 Å². The van der Waals surface area contributed by atoms with E-state index in [0.29, 0.717) is 23.7 Å². The zero-order valence-corrected chi connectivity index (χ0v) is 12.6. The van der Waals surface area contributed by atoms with E-state index in [1.165, 1.54) is 6.20 Å². The molecule has 0 atom stereocenters. The van der Waals surface area contributed by atoms with Crippen LogP contribution in [0.3, 0.4) is 0 Å². The molecule has 9 nitrogen and oxygen atoms in total. The van der Waals surface area contributed by atoms with E-state index >= 15 is 0 Å². The van der Waals surface area contributed by atoms with Crippen LogP contribution in [-0.4, -0.2) is 44.4 Å². The summed E-state index contributed by atoms with van der Waals surface area (Å²) in [6.07, 6.45) is 3.89. The van der Waals surface area contributed by atoms with E-state index in [2.05, 4.69) is 25.5 Å². The predicted molar refractivity (Wildman–Crippen MR) is 78.9 cm³/mol. The molecule has 0 bridgehead atoms. The van der Waals surface area contributed by atoms with Gasteiger partial charge in [0, 0.05) is 26.5 Å². The van der Waals surface area contributed by atoms with Crippen molar-refractivity contribution in [1.82, 2.24) is 30.0 Å². The van der Waals surface area contributed by atoms with E-state index in [-0.39, 0.29) is 18.4 Å². The lowest BCUT2D eigenvalue weighted by molar-refractivity contribution is 0.0948. The fourth-order valence-corrected chi connectivity index (χ4v) is 1.94. The van der Waals surface area contributed by atoms with Crippen LogP contribution in [-0.2, 0) is 17.8 Å². The van der Waals surface area contributed by atoms with Crippen molar-refractivity contribution in [3.8, 4) is 0 Å². The minimum atomic E-state index is -0.274. The number of nitrogens with one attached hydrogen (secondary N) is 1. The average molecular weight is 305 g/mol. The molecule has 0 aliphatic carbocycles. The van der Waals surface area contributed by atoms with Crippen LogP contribution in [0, 0.1) is 6.92 Å². The molecule has 0 saturated carbocycles. The third-order valence-electron chi connectivity index (χ3n) is 3.09. The fraction of sp³-hybridized carbons (Fsp3) is 0.462. The Labute approximate surface area is 127 Å². The quantitative estimate of drug-likeness (QED) is 0.686. The molecule has 9 heteroatoms. The van der Waals surface area contributed by atoms with Crippen molar-refractivity contribution < 1.29 is 9.53 Å². The monoisotopic (exact) mass is 305 g/mol. The average Bonchev–Trinajstić information content (AvgIpc) is 2.92. The van der Waals surface area contributed by atoms with E-state index in [1.807, 2.05) is 4.57 Å². The first-order valence-corrected chi connectivity index (χ1v) is 6.84. The molecule has 22 heavy (non-hydrogen) atoms. The van der Waals surface area contributed by atoms with Crippen molar-refractivity contribution in [2.45, 2.75) is 26.4 Å². The zero-order chi connectivity index (χ0) is 15.9. The number of hydrogen-bond donors (Lipinski definition) is 2. The van der Waals surface area contributed by atoms with Gasteiger partial charge in [-0.1, -0.05) is 0 Å². The second-order valence-corrected chi connectivity index (χ2v) is 4.70. The van der Waals surface area contributed by atoms with Crippen LogP contribution >= 0.6 is 0 Å². The Morgan fingerprint density at radius 3 is 3.05 bits per heavy atom. The number of ether oxygens (including phenoxy) is 1. The SMILES string of the molecule is COCCCn1cnnc1CNC(=O)c1cnc(N)nc1C. The number of methoxy groups -OCH3 is 1. The molecular weight excluding hydrogens is 286 g/mol. The minimum Gasteiger partial charge on any atom is -0.385 e. The fourth-order valence-electron chi connectivity index (χ4n) is 1.94. The second-order valence-electron chi connectivity index (χ2n) is 4.70. The van der Waals surface area contributed by atoms with Crippen molar-refractivity contribution in [1.29, 1.82) is 0 Å². The number of carbonyl (C=O) groups is 1. The highest BCUT2D eigenvalue weighted by atomic mass is 16.5. The number of nitrogens with zero attached hydrogens (tertiary/aromatic N) is 5. The molecule has 2 aromatic rings. The number of aromatic nitrogens is 5. The number of anilines is 1. The van der Waals surface area contributed by atoms with Gasteiger partial charge >= 0.3 is 0 Å². The standard InChI is InChI=1S/C13H19N7O2/c1-9-10(6-16-13(14)18-9)12(21)15-7-11-19-17-8-20(11)4-3-5-22-2/h6,8H,3-5,7H2,1-2H3,(H,15,21)(H2,14,16,18). The van der Waals surface area contributed by atoms with E-state index in [1.54, 1.807) is 20.4 Å². The van der Waals surface area contributed by atoms with Crippen LogP contribution in [0.5, 0.6) is 0 Å². The van der Waals surface area contributed by atoms with E-state index in [9.17, 15) is 4.79 Å². The summed E-state index contributed by atoms with van der Waals surface area (Å²) in [5, 5.41) is 10.6. The molecule has 1 amide bonds. The maximum absolute atomic E-state index is 12.1. The summed E-state index contributed by atoms with van der Waals surface area (Å²) in [7, 11) is 1.66.